The molecule has 2 rings (SSSR count). The topological polar surface area (TPSA) is 38.9 Å². The molecule has 1 unspecified atom stereocenters. The maximum atomic E-state index is 6.17. The third-order valence-electron chi connectivity index (χ3n) is 2.81. The molecule has 0 saturated carbocycles. The van der Waals surface area contributed by atoms with Gasteiger partial charge in [0.05, 0.1) is 0 Å². The van der Waals surface area contributed by atoms with Gasteiger partial charge in [0.1, 0.15) is 0 Å². The van der Waals surface area contributed by atoms with Gasteiger partial charge in [-0.2, -0.15) is 0 Å². The van der Waals surface area contributed by atoms with Crippen LogP contribution in [0.2, 0.25) is 5.02 Å². The number of benzene rings is 1. The molecule has 0 spiro atoms. The van der Waals surface area contributed by atoms with Crippen molar-refractivity contribution in [3.05, 3.63) is 64.4 Å². The molecule has 1 atom stereocenters. The Kier molecular flexibility index (Phi) is 3.77. The molecule has 0 amide bonds. The summed E-state index contributed by atoms with van der Waals surface area (Å²) in [4.78, 5) is 4.35. The molecule has 1 aromatic carbocycles. The first-order valence-corrected chi connectivity index (χ1v) is 5.96. The quantitative estimate of drug-likeness (QED) is 0.903. The lowest BCUT2D eigenvalue weighted by Crippen LogP contribution is -2.14. The first-order valence-electron chi connectivity index (χ1n) is 5.58. The first-order chi connectivity index (χ1) is 8.16. The molecule has 3 heteroatoms. The van der Waals surface area contributed by atoms with Crippen molar-refractivity contribution in [2.75, 3.05) is 0 Å². The highest BCUT2D eigenvalue weighted by Crippen LogP contribution is 2.19. The van der Waals surface area contributed by atoms with Crippen molar-refractivity contribution >= 4 is 11.6 Å². The van der Waals surface area contributed by atoms with Gasteiger partial charge >= 0.3 is 0 Å². The predicted octanol–water partition coefficient (Wildman–Crippen LogP) is 3.29. The van der Waals surface area contributed by atoms with Crippen LogP contribution in [0, 0.1) is 6.92 Å². The van der Waals surface area contributed by atoms with E-state index in [1.54, 1.807) is 6.20 Å². The Morgan fingerprint density at radius 3 is 2.82 bits per heavy atom. The normalized spacial score (nSPS) is 12.4. The highest BCUT2D eigenvalue weighted by molar-refractivity contribution is 6.30. The van der Waals surface area contributed by atoms with Crippen molar-refractivity contribution in [3.63, 3.8) is 0 Å². The molecule has 2 aromatic rings. The summed E-state index contributed by atoms with van der Waals surface area (Å²) in [5, 5.41) is 0.718. The van der Waals surface area contributed by atoms with Gasteiger partial charge in [0, 0.05) is 29.4 Å². The summed E-state index contributed by atoms with van der Waals surface area (Å²) in [7, 11) is 0. The van der Waals surface area contributed by atoms with Gasteiger partial charge in [-0.15, -0.1) is 0 Å². The van der Waals surface area contributed by atoms with Gasteiger partial charge in [0.2, 0.25) is 0 Å². The van der Waals surface area contributed by atoms with Crippen LogP contribution >= 0.6 is 11.6 Å². The average molecular weight is 247 g/mol. The number of aryl methyl sites for hydroxylation is 1. The second-order valence-corrected chi connectivity index (χ2v) is 4.57. The SMILES string of the molecule is Cc1cccnc1CC(N)c1cccc(Cl)c1. The van der Waals surface area contributed by atoms with Crippen LogP contribution in [0.5, 0.6) is 0 Å². The minimum atomic E-state index is -0.0673. The van der Waals surface area contributed by atoms with Gasteiger partial charge in [-0.3, -0.25) is 4.98 Å². The molecule has 0 radical (unpaired) electrons. The summed E-state index contributed by atoms with van der Waals surface area (Å²) >= 11 is 5.95. The van der Waals surface area contributed by atoms with Crippen LogP contribution in [0.15, 0.2) is 42.6 Å². The Balaban J connectivity index is 2.17. The van der Waals surface area contributed by atoms with Gasteiger partial charge in [-0.1, -0.05) is 29.8 Å². The number of nitrogens with zero attached hydrogens (tertiary/aromatic N) is 1. The zero-order valence-corrected chi connectivity index (χ0v) is 10.5. The third kappa shape index (κ3) is 3.05. The fraction of sp³-hybridized carbons (Fsp3) is 0.214. The van der Waals surface area contributed by atoms with E-state index in [4.69, 9.17) is 17.3 Å². The molecule has 1 heterocycles. The lowest BCUT2D eigenvalue weighted by molar-refractivity contribution is 0.703. The van der Waals surface area contributed by atoms with E-state index in [1.807, 2.05) is 43.3 Å². The van der Waals surface area contributed by atoms with Gasteiger partial charge in [0.25, 0.3) is 0 Å². The Labute approximate surface area is 106 Å². The lowest BCUT2D eigenvalue weighted by atomic mass is 10.0. The molecule has 0 saturated heterocycles. The zero-order valence-electron chi connectivity index (χ0n) is 9.73. The summed E-state index contributed by atoms with van der Waals surface area (Å²) in [6, 6.07) is 11.6. The maximum absolute atomic E-state index is 6.17. The van der Waals surface area contributed by atoms with Crippen LogP contribution in [-0.4, -0.2) is 4.98 Å². The molecule has 17 heavy (non-hydrogen) atoms. The summed E-state index contributed by atoms with van der Waals surface area (Å²) < 4.78 is 0. The first kappa shape index (κ1) is 12.1. The molecule has 0 aliphatic rings. The number of hydrogen-bond acceptors (Lipinski definition) is 2. The number of aromatic nitrogens is 1. The summed E-state index contributed by atoms with van der Waals surface area (Å²) in [5.74, 6) is 0. The predicted molar refractivity (Wildman–Crippen MR) is 71.1 cm³/mol. The molecule has 0 aliphatic carbocycles. The highest BCUT2D eigenvalue weighted by atomic mass is 35.5. The number of halogens is 1. The van der Waals surface area contributed by atoms with E-state index in [2.05, 4.69) is 4.98 Å². The van der Waals surface area contributed by atoms with Gasteiger partial charge < -0.3 is 5.73 Å². The monoisotopic (exact) mass is 246 g/mol. The Morgan fingerprint density at radius 1 is 1.29 bits per heavy atom. The molecule has 0 bridgehead atoms. The van der Waals surface area contributed by atoms with Crippen LogP contribution in [0.4, 0.5) is 0 Å². The fourth-order valence-corrected chi connectivity index (χ4v) is 1.99. The van der Waals surface area contributed by atoms with E-state index >= 15 is 0 Å². The molecular formula is C14H15ClN2. The third-order valence-corrected chi connectivity index (χ3v) is 3.04. The van der Waals surface area contributed by atoms with Crippen molar-refractivity contribution in [2.45, 2.75) is 19.4 Å². The van der Waals surface area contributed by atoms with Crippen molar-refractivity contribution in [2.24, 2.45) is 5.73 Å². The maximum Gasteiger partial charge on any atom is 0.0451 e. The Hall–Kier alpha value is -1.38. The second-order valence-electron chi connectivity index (χ2n) is 4.13. The van der Waals surface area contributed by atoms with E-state index in [-0.39, 0.29) is 6.04 Å². The molecule has 2 N–H and O–H groups in total. The minimum Gasteiger partial charge on any atom is -0.324 e. The van der Waals surface area contributed by atoms with E-state index in [9.17, 15) is 0 Å². The zero-order chi connectivity index (χ0) is 12.3. The van der Waals surface area contributed by atoms with Crippen molar-refractivity contribution in [1.29, 1.82) is 0 Å². The van der Waals surface area contributed by atoms with E-state index in [1.165, 1.54) is 5.56 Å². The summed E-state index contributed by atoms with van der Waals surface area (Å²) in [5.41, 5.74) is 9.42. The standard InChI is InChI=1S/C14H15ClN2/c1-10-4-3-7-17-14(10)9-13(16)11-5-2-6-12(15)8-11/h2-8,13H,9,16H2,1H3. The lowest BCUT2D eigenvalue weighted by Gasteiger charge is -2.13. The highest BCUT2D eigenvalue weighted by Gasteiger charge is 2.09. The molecular weight excluding hydrogens is 232 g/mol. The summed E-state index contributed by atoms with van der Waals surface area (Å²) in [6.45, 7) is 2.05. The number of pyridine rings is 1. The van der Waals surface area contributed by atoms with Gasteiger partial charge in [0.15, 0.2) is 0 Å². The average Bonchev–Trinajstić information content (AvgIpc) is 2.32. The Morgan fingerprint density at radius 2 is 2.12 bits per heavy atom. The van der Waals surface area contributed by atoms with Crippen LogP contribution in [-0.2, 0) is 6.42 Å². The number of rotatable bonds is 3. The van der Waals surface area contributed by atoms with Crippen LogP contribution in [0.25, 0.3) is 0 Å². The number of nitrogens with two attached hydrogens (primary N) is 1. The van der Waals surface area contributed by atoms with Crippen LogP contribution in [0.1, 0.15) is 22.9 Å². The van der Waals surface area contributed by atoms with Gasteiger partial charge in [-0.05, 0) is 36.2 Å². The summed E-state index contributed by atoms with van der Waals surface area (Å²) in [6.07, 6.45) is 2.53. The largest absolute Gasteiger partial charge is 0.324 e. The second kappa shape index (κ2) is 5.30. The van der Waals surface area contributed by atoms with Gasteiger partial charge in [-0.25, -0.2) is 0 Å². The van der Waals surface area contributed by atoms with E-state index in [0.717, 1.165) is 22.7 Å². The minimum absolute atomic E-state index is 0.0673. The molecule has 1 aromatic heterocycles. The smallest absolute Gasteiger partial charge is 0.0451 e. The molecule has 0 fully saturated rings. The van der Waals surface area contributed by atoms with E-state index < -0.39 is 0 Å². The molecule has 2 nitrogen and oxygen atoms in total. The molecule has 0 aliphatic heterocycles. The van der Waals surface area contributed by atoms with Crippen molar-refractivity contribution < 1.29 is 0 Å². The van der Waals surface area contributed by atoms with Crippen LogP contribution in [0.3, 0.4) is 0 Å². The fourth-order valence-electron chi connectivity index (χ4n) is 1.80. The number of hydrogen-bond donors (Lipinski definition) is 1. The van der Waals surface area contributed by atoms with Crippen molar-refractivity contribution in [3.8, 4) is 0 Å². The molecule has 88 valence electrons. The van der Waals surface area contributed by atoms with E-state index in [0.29, 0.717) is 0 Å². The van der Waals surface area contributed by atoms with Crippen LogP contribution < -0.4 is 5.73 Å². The Bertz CT molecular complexity index is 511. The van der Waals surface area contributed by atoms with Crippen molar-refractivity contribution in [1.82, 2.24) is 4.98 Å².